The van der Waals surface area contributed by atoms with Crippen LogP contribution in [0.3, 0.4) is 0 Å². The van der Waals surface area contributed by atoms with E-state index in [1.165, 1.54) is 12.2 Å². The highest BCUT2D eigenvalue weighted by Gasteiger charge is 2.29. The molecule has 1 N–H and O–H groups in total. The molecule has 2 aliphatic rings. The molecule has 68 valence electrons. The van der Waals surface area contributed by atoms with Gasteiger partial charge in [0.1, 0.15) is 6.04 Å². The van der Waals surface area contributed by atoms with E-state index in [-0.39, 0.29) is 12.0 Å². The molecule has 2 aliphatic heterocycles. The van der Waals surface area contributed by atoms with Gasteiger partial charge in [-0.15, -0.1) is 0 Å². The van der Waals surface area contributed by atoms with Crippen molar-refractivity contribution in [3.63, 3.8) is 0 Å². The Morgan fingerprint density at radius 3 is 3.00 bits per heavy atom. The highest BCUT2D eigenvalue weighted by Crippen LogP contribution is 2.19. The summed E-state index contributed by atoms with van der Waals surface area (Å²) in [6, 6.07) is 0.513. The first kappa shape index (κ1) is 8.38. The first-order valence-corrected chi connectivity index (χ1v) is 5.52. The second-order valence-electron chi connectivity index (χ2n) is 3.24. The van der Waals surface area contributed by atoms with Gasteiger partial charge in [-0.2, -0.15) is 11.8 Å². The van der Waals surface area contributed by atoms with Gasteiger partial charge < -0.3 is 10.1 Å². The predicted octanol–water partition coefficient (Wildman–Crippen LogP) is 0.397. The van der Waals surface area contributed by atoms with Crippen molar-refractivity contribution < 1.29 is 9.53 Å². The van der Waals surface area contributed by atoms with Gasteiger partial charge in [0.05, 0.1) is 6.61 Å². The van der Waals surface area contributed by atoms with E-state index in [2.05, 4.69) is 5.32 Å². The third-order valence-corrected chi connectivity index (χ3v) is 3.46. The highest BCUT2D eigenvalue weighted by atomic mass is 32.2. The smallest absolute Gasteiger partial charge is 0.323 e. The average molecular weight is 187 g/mol. The summed E-state index contributed by atoms with van der Waals surface area (Å²) in [5.41, 5.74) is 0. The summed E-state index contributed by atoms with van der Waals surface area (Å²) in [5.74, 6) is 2.30. The molecule has 0 amide bonds. The molecule has 2 unspecified atom stereocenters. The topological polar surface area (TPSA) is 38.3 Å². The number of nitrogens with one attached hydrogen (secondary N) is 1. The molecule has 0 aromatic rings. The van der Waals surface area contributed by atoms with Crippen LogP contribution in [0.15, 0.2) is 0 Å². The second kappa shape index (κ2) is 3.66. The van der Waals surface area contributed by atoms with Crippen LogP contribution in [0.2, 0.25) is 0 Å². The predicted molar refractivity (Wildman–Crippen MR) is 48.2 cm³/mol. The number of carbonyl (C=O) groups is 1. The molecule has 2 rings (SSSR count). The molecule has 2 saturated heterocycles. The van der Waals surface area contributed by atoms with E-state index in [0.29, 0.717) is 12.6 Å². The van der Waals surface area contributed by atoms with Gasteiger partial charge in [-0.1, -0.05) is 0 Å². The van der Waals surface area contributed by atoms with Gasteiger partial charge in [-0.05, 0) is 12.2 Å². The van der Waals surface area contributed by atoms with E-state index in [1.807, 2.05) is 11.8 Å². The van der Waals surface area contributed by atoms with Crippen LogP contribution in [0.4, 0.5) is 0 Å². The van der Waals surface area contributed by atoms with Crippen LogP contribution < -0.4 is 5.32 Å². The standard InChI is InChI=1S/C8H13NO2S/c10-8-7(1-3-11-8)9-6-2-4-12-5-6/h6-7,9H,1-5H2. The van der Waals surface area contributed by atoms with Crippen molar-refractivity contribution in [1.29, 1.82) is 0 Å². The quantitative estimate of drug-likeness (QED) is 0.635. The fourth-order valence-electron chi connectivity index (χ4n) is 1.60. The van der Waals surface area contributed by atoms with E-state index in [9.17, 15) is 4.79 Å². The molecular formula is C8H13NO2S. The lowest BCUT2D eigenvalue weighted by molar-refractivity contribution is -0.139. The van der Waals surface area contributed by atoms with Crippen molar-refractivity contribution in [3.8, 4) is 0 Å². The molecule has 0 saturated carbocycles. The minimum atomic E-state index is -0.0631. The third-order valence-electron chi connectivity index (χ3n) is 2.30. The van der Waals surface area contributed by atoms with Crippen LogP contribution >= 0.6 is 11.8 Å². The normalized spacial score (nSPS) is 35.5. The largest absolute Gasteiger partial charge is 0.464 e. The number of thioether (sulfide) groups is 1. The van der Waals surface area contributed by atoms with Gasteiger partial charge in [-0.25, -0.2) is 0 Å². The summed E-state index contributed by atoms with van der Waals surface area (Å²) in [4.78, 5) is 11.1. The molecule has 4 heteroatoms. The Kier molecular flexibility index (Phi) is 2.56. The summed E-state index contributed by atoms with van der Waals surface area (Å²) in [5, 5.41) is 3.33. The van der Waals surface area contributed by atoms with Crippen molar-refractivity contribution in [2.24, 2.45) is 0 Å². The molecule has 2 heterocycles. The molecule has 2 fully saturated rings. The maximum Gasteiger partial charge on any atom is 0.323 e. The summed E-state index contributed by atoms with van der Waals surface area (Å²) < 4.78 is 4.87. The van der Waals surface area contributed by atoms with Crippen molar-refractivity contribution >= 4 is 17.7 Å². The van der Waals surface area contributed by atoms with Gasteiger partial charge in [-0.3, -0.25) is 4.79 Å². The molecule has 0 radical (unpaired) electrons. The Morgan fingerprint density at radius 1 is 1.50 bits per heavy atom. The molecule has 0 aromatic carbocycles. The molecule has 0 aromatic heterocycles. The fraction of sp³-hybridized carbons (Fsp3) is 0.875. The van der Waals surface area contributed by atoms with Crippen molar-refractivity contribution in [2.45, 2.75) is 24.9 Å². The Bertz CT molecular complexity index is 180. The van der Waals surface area contributed by atoms with Crippen LogP contribution in [0, 0.1) is 0 Å². The summed E-state index contributed by atoms with van der Waals surface area (Å²) >= 11 is 1.95. The van der Waals surface area contributed by atoms with Crippen LogP contribution in [-0.2, 0) is 9.53 Å². The number of hydrogen-bond acceptors (Lipinski definition) is 4. The molecule has 0 spiro atoms. The van der Waals surface area contributed by atoms with E-state index in [4.69, 9.17) is 4.74 Å². The number of carbonyl (C=O) groups excluding carboxylic acids is 1. The number of esters is 1. The molecule has 0 aliphatic carbocycles. The maximum atomic E-state index is 11.1. The zero-order valence-electron chi connectivity index (χ0n) is 6.91. The Labute approximate surface area is 76.2 Å². The monoisotopic (exact) mass is 187 g/mol. The summed E-state index contributed by atoms with van der Waals surface area (Å²) in [7, 11) is 0. The first-order valence-electron chi connectivity index (χ1n) is 4.37. The Balaban J connectivity index is 1.81. The first-order chi connectivity index (χ1) is 5.86. The van der Waals surface area contributed by atoms with Crippen molar-refractivity contribution in [3.05, 3.63) is 0 Å². The van der Waals surface area contributed by atoms with E-state index in [1.54, 1.807) is 0 Å². The second-order valence-corrected chi connectivity index (χ2v) is 4.39. The fourth-order valence-corrected chi connectivity index (χ4v) is 2.76. The summed E-state index contributed by atoms with van der Waals surface area (Å²) in [6.07, 6.45) is 2.04. The minimum Gasteiger partial charge on any atom is -0.464 e. The SMILES string of the molecule is O=C1OCCC1NC1CCSC1. The molecular weight excluding hydrogens is 174 g/mol. The van der Waals surface area contributed by atoms with Crippen molar-refractivity contribution in [1.82, 2.24) is 5.32 Å². The average Bonchev–Trinajstić information content (AvgIpc) is 2.65. The Hall–Kier alpha value is -0.220. The lowest BCUT2D eigenvalue weighted by atomic mass is 10.2. The number of hydrogen-bond donors (Lipinski definition) is 1. The van der Waals surface area contributed by atoms with Crippen LogP contribution in [0.1, 0.15) is 12.8 Å². The number of rotatable bonds is 2. The van der Waals surface area contributed by atoms with Crippen LogP contribution in [0.5, 0.6) is 0 Å². The minimum absolute atomic E-state index is 0.0197. The lowest BCUT2D eigenvalue weighted by Gasteiger charge is -2.13. The lowest BCUT2D eigenvalue weighted by Crippen LogP contribution is -2.40. The van der Waals surface area contributed by atoms with Gasteiger partial charge in [0.25, 0.3) is 0 Å². The van der Waals surface area contributed by atoms with Gasteiger partial charge in [0.2, 0.25) is 0 Å². The molecule has 2 atom stereocenters. The van der Waals surface area contributed by atoms with Gasteiger partial charge >= 0.3 is 5.97 Å². The number of ether oxygens (including phenoxy) is 1. The van der Waals surface area contributed by atoms with Gasteiger partial charge in [0.15, 0.2) is 0 Å². The zero-order chi connectivity index (χ0) is 8.39. The maximum absolute atomic E-state index is 11.1. The molecule has 3 nitrogen and oxygen atoms in total. The molecule has 12 heavy (non-hydrogen) atoms. The van der Waals surface area contributed by atoms with E-state index < -0.39 is 0 Å². The number of cyclic esters (lactones) is 1. The Morgan fingerprint density at radius 2 is 2.42 bits per heavy atom. The molecule has 0 bridgehead atoms. The summed E-state index contributed by atoms with van der Waals surface area (Å²) in [6.45, 7) is 0.594. The zero-order valence-corrected chi connectivity index (χ0v) is 7.73. The van der Waals surface area contributed by atoms with Gasteiger partial charge in [0, 0.05) is 18.2 Å². The highest BCUT2D eigenvalue weighted by molar-refractivity contribution is 7.99. The van der Waals surface area contributed by atoms with Crippen LogP contribution in [0.25, 0.3) is 0 Å². The van der Waals surface area contributed by atoms with E-state index >= 15 is 0 Å². The van der Waals surface area contributed by atoms with E-state index in [0.717, 1.165) is 12.2 Å². The van der Waals surface area contributed by atoms with Crippen LogP contribution in [-0.4, -0.2) is 36.2 Å². The van der Waals surface area contributed by atoms with Crippen molar-refractivity contribution in [2.75, 3.05) is 18.1 Å². The third kappa shape index (κ3) is 1.75.